The summed E-state index contributed by atoms with van der Waals surface area (Å²) in [4.78, 5) is 14.3. The van der Waals surface area contributed by atoms with E-state index in [9.17, 15) is 0 Å². The number of nitrogens with one attached hydrogen (secondary N) is 2. The lowest BCUT2D eigenvalue weighted by molar-refractivity contribution is 0.572. The fraction of sp³-hybridized carbons (Fsp3) is 0.353. The number of nitriles is 1. The highest BCUT2D eigenvalue weighted by molar-refractivity contribution is 6.12. The maximum absolute atomic E-state index is 9.12. The molecular formula is C17H18N6. The minimum Gasteiger partial charge on any atom is -0.369 e. The Bertz CT molecular complexity index is 906. The average molecular weight is 306 g/mol. The maximum atomic E-state index is 9.12. The minimum atomic E-state index is 0.431. The molecule has 0 saturated carbocycles. The van der Waals surface area contributed by atoms with Crippen molar-refractivity contribution in [1.29, 1.82) is 5.26 Å². The first kappa shape index (κ1) is 14.0. The van der Waals surface area contributed by atoms with E-state index in [2.05, 4.69) is 44.2 Å². The van der Waals surface area contributed by atoms with Crippen LogP contribution < -0.4 is 10.2 Å². The highest BCUT2D eigenvalue weighted by atomic mass is 15.2. The molecule has 6 heteroatoms. The van der Waals surface area contributed by atoms with Gasteiger partial charge in [-0.15, -0.1) is 0 Å². The molecule has 1 saturated heterocycles. The van der Waals surface area contributed by atoms with E-state index in [0.717, 1.165) is 48.0 Å². The van der Waals surface area contributed by atoms with E-state index in [0.29, 0.717) is 11.7 Å². The summed E-state index contributed by atoms with van der Waals surface area (Å²) in [7, 11) is 0. The highest BCUT2D eigenvalue weighted by Crippen LogP contribution is 2.34. The molecule has 1 atom stereocenters. The average Bonchev–Trinajstić information content (AvgIpc) is 3.18. The molecule has 6 nitrogen and oxygen atoms in total. The number of hydrogen-bond donors (Lipinski definition) is 2. The first-order chi connectivity index (χ1) is 11.3. The van der Waals surface area contributed by atoms with Crippen molar-refractivity contribution in [2.75, 3.05) is 24.5 Å². The molecular weight excluding hydrogens is 288 g/mol. The standard InChI is InChI=1S/C17H18N6/c1-2-19-11-4-6-23(10-11)15-3-5-20-17-16(15)13-7-12(8-18)21-9-14(13)22-17/h3,5,7,9,11,19H,2,4,6,10H2,1H3,(H,20,22)/t11-/m0/s1. The summed E-state index contributed by atoms with van der Waals surface area (Å²) in [6.45, 7) is 5.16. The summed E-state index contributed by atoms with van der Waals surface area (Å²) in [6, 6.07) is 6.56. The number of anilines is 1. The van der Waals surface area contributed by atoms with Gasteiger partial charge in [0.15, 0.2) is 0 Å². The third-order valence-electron chi connectivity index (χ3n) is 4.49. The van der Waals surface area contributed by atoms with Gasteiger partial charge in [0.2, 0.25) is 0 Å². The van der Waals surface area contributed by atoms with Crippen LogP contribution in [0.25, 0.3) is 21.9 Å². The van der Waals surface area contributed by atoms with E-state index in [1.165, 1.54) is 5.69 Å². The molecule has 116 valence electrons. The van der Waals surface area contributed by atoms with Crippen LogP contribution in [0.1, 0.15) is 19.0 Å². The van der Waals surface area contributed by atoms with E-state index in [1.54, 1.807) is 6.20 Å². The van der Waals surface area contributed by atoms with E-state index in [-0.39, 0.29) is 0 Å². The van der Waals surface area contributed by atoms with Crippen molar-refractivity contribution in [2.45, 2.75) is 19.4 Å². The first-order valence-electron chi connectivity index (χ1n) is 7.95. The quantitative estimate of drug-likeness (QED) is 0.775. The van der Waals surface area contributed by atoms with Crippen LogP contribution in [-0.4, -0.2) is 40.6 Å². The number of fused-ring (bicyclic) bond motifs is 3. The Kier molecular flexibility index (Phi) is 3.36. The van der Waals surface area contributed by atoms with E-state index < -0.39 is 0 Å². The molecule has 23 heavy (non-hydrogen) atoms. The third kappa shape index (κ3) is 2.30. The molecule has 0 aliphatic carbocycles. The minimum absolute atomic E-state index is 0.431. The molecule has 1 fully saturated rings. The molecule has 0 radical (unpaired) electrons. The number of rotatable bonds is 3. The van der Waals surface area contributed by atoms with E-state index in [1.807, 2.05) is 12.3 Å². The van der Waals surface area contributed by atoms with Gasteiger partial charge in [0.25, 0.3) is 0 Å². The SMILES string of the molecule is CCN[C@H]1CCN(c2ccnc3[nH]c4cnc(C#N)cc4c23)C1. The van der Waals surface area contributed by atoms with Gasteiger partial charge in [0.1, 0.15) is 17.4 Å². The Morgan fingerprint density at radius 1 is 1.48 bits per heavy atom. The largest absolute Gasteiger partial charge is 0.369 e. The molecule has 3 aromatic rings. The predicted molar refractivity (Wildman–Crippen MR) is 90.4 cm³/mol. The number of H-pyrrole nitrogens is 1. The lowest BCUT2D eigenvalue weighted by Gasteiger charge is -2.20. The van der Waals surface area contributed by atoms with Crippen LogP contribution >= 0.6 is 0 Å². The van der Waals surface area contributed by atoms with Gasteiger partial charge in [0.05, 0.1) is 17.1 Å². The zero-order valence-corrected chi connectivity index (χ0v) is 13.0. The zero-order chi connectivity index (χ0) is 15.8. The Hall–Kier alpha value is -2.65. The van der Waals surface area contributed by atoms with Gasteiger partial charge < -0.3 is 15.2 Å². The second-order valence-electron chi connectivity index (χ2n) is 5.89. The molecule has 4 rings (SSSR count). The number of hydrogen-bond acceptors (Lipinski definition) is 5. The molecule has 1 aliphatic rings. The molecule has 0 aromatic carbocycles. The normalized spacial score (nSPS) is 17.9. The van der Waals surface area contributed by atoms with Gasteiger partial charge >= 0.3 is 0 Å². The second kappa shape index (κ2) is 5.52. The fourth-order valence-electron chi connectivity index (χ4n) is 3.46. The summed E-state index contributed by atoms with van der Waals surface area (Å²) < 4.78 is 0. The van der Waals surface area contributed by atoms with Crippen LogP contribution in [0.3, 0.4) is 0 Å². The number of nitrogens with zero attached hydrogens (tertiary/aromatic N) is 4. The zero-order valence-electron chi connectivity index (χ0n) is 13.0. The van der Waals surface area contributed by atoms with Crippen molar-refractivity contribution in [3.8, 4) is 6.07 Å². The smallest absolute Gasteiger partial charge is 0.141 e. The predicted octanol–water partition coefficient (Wildman–Crippen LogP) is 2.17. The third-order valence-corrected chi connectivity index (χ3v) is 4.49. The van der Waals surface area contributed by atoms with E-state index in [4.69, 9.17) is 5.26 Å². The summed E-state index contributed by atoms with van der Waals surface area (Å²) in [5, 5.41) is 14.7. The van der Waals surface area contributed by atoms with E-state index >= 15 is 0 Å². The highest BCUT2D eigenvalue weighted by Gasteiger charge is 2.24. The second-order valence-corrected chi connectivity index (χ2v) is 5.89. The van der Waals surface area contributed by atoms with Gasteiger partial charge in [-0.1, -0.05) is 6.92 Å². The summed E-state index contributed by atoms with van der Waals surface area (Å²) in [6.07, 6.45) is 4.70. The number of likely N-dealkylation sites (N-methyl/N-ethyl adjacent to an activating group) is 1. The van der Waals surface area contributed by atoms with Crippen LogP contribution in [0, 0.1) is 11.3 Å². The van der Waals surface area contributed by atoms with Gasteiger partial charge in [-0.2, -0.15) is 5.26 Å². The van der Waals surface area contributed by atoms with Crippen LogP contribution in [-0.2, 0) is 0 Å². The van der Waals surface area contributed by atoms with Crippen LogP contribution in [0.2, 0.25) is 0 Å². The van der Waals surface area contributed by atoms with Crippen molar-refractivity contribution in [3.05, 3.63) is 30.2 Å². The van der Waals surface area contributed by atoms with Crippen molar-refractivity contribution in [3.63, 3.8) is 0 Å². The molecule has 3 aromatic heterocycles. The number of pyridine rings is 2. The van der Waals surface area contributed by atoms with Crippen LogP contribution in [0.15, 0.2) is 24.5 Å². The van der Waals surface area contributed by atoms with Gasteiger partial charge in [0, 0.05) is 36.4 Å². The Labute approximate surface area is 134 Å². The maximum Gasteiger partial charge on any atom is 0.141 e. The Balaban J connectivity index is 1.85. The number of aromatic nitrogens is 3. The lowest BCUT2D eigenvalue weighted by atomic mass is 10.1. The lowest BCUT2D eigenvalue weighted by Crippen LogP contribution is -2.32. The Morgan fingerprint density at radius 3 is 3.22 bits per heavy atom. The summed E-state index contributed by atoms with van der Waals surface area (Å²) >= 11 is 0. The van der Waals surface area contributed by atoms with Crippen molar-refractivity contribution in [2.24, 2.45) is 0 Å². The monoisotopic (exact) mass is 306 g/mol. The molecule has 0 bridgehead atoms. The molecule has 0 amide bonds. The van der Waals surface area contributed by atoms with Crippen molar-refractivity contribution < 1.29 is 0 Å². The molecule has 1 aliphatic heterocycles. The Morgan fingerprint density at radius 2 is 2.39 bits per heavy atom. The summed E-state index contributed by atoms with van der Waals surface area (Å²) in [5.74, 6) is 0. The van der Waals surface area contributed by atoms with Gasteiger partial charge in [-0.25, -0.2) is 9.97 Å². The number of aromatic amines is 1. The fourth-order valence-corrected chi connectivity index (χ4v) is 3.46. The summed E-state index contributed by atoms with van der Waals surface area (Å²) in [5.41, 5.74) is 3.37. The first-order valence-corrected chi connectivity index (χ1v) is 7.95. The molecule has 4 heterocycles. The molecule has 0 spiro atoms. The van der Waals surface area contributed by atoms with Crippen LogP contribution in [0.4, 0.5) is 5.69 Å². The van der Waals surface area contributed by atoms with Crippen LogP contribution in [0.5, 0.6) is 0 Å². The van der Waals surface area contributed by atoms with Crippen molar-refractivity contribution >= 4 is 27.6 Å². The van der Waals surface area contributed by atoms with Gasteiger partial charge in [-0.3, -0.25) is 0 Å². The molecule has 0 unspecified atom stereocenters. The van der Waals surface area contributed by atoms with Gasteiger partial charge in [-0.05, 0) is 25.1 Å². The molecule has 2 N–H and O–H groups in total. The topological polar surface area (TPSA) is 80.6 Å². The van der Waals surface area contributed by atoms with Crippen molar-refractivity contribution in [1.82, 2.24) is 20.3 Å².